The van der Waals surface area contributed by atoms with Crippen molar-refractivity contribution >= 4 is 11.6 Å². The molecule has 19 heavy (non-hydrogen) atoms. The number of hydrogen-bond donors (Lipinski definition) is 1. The van der Waals surface area contributed by atoms with E-state index in [4.69, 9.17) is 21.9 Å². The molecule has 0 fully saturated rings. The zero-order valence-corrected chi connectivity index (χ0v) is 11.5. The Morgan fingerprint density at radius 3 is 2.84 bits per heavy atom. The minimum atomic E-state index is -0.481. The third-order valence-corrected chi connectivity index (χ3v) is 3.45. The molecule has 102 valence electrons. The SMILES string of the molecule is CCC(C)C(N)c1nc(-c2ccc(F)c(Cl)c2)no1. The lowest BCUT2D eigenvalue weighted by Gasteiger charge is -2.12. The van der Waals surface area contributed by atoms with Gasteiger partial charge in [-0.05, 0) is 24.1 Å². The molecule has 1 heterocycles. The van der Waals surface area contributed by atoms with Crippen LogP contribution in [0, 0.1) is 11.7 Å². The number of nitrogens with two attached hydrogens (primary N) is 1. The number of halogens is 2. The highest BCUT2D eigenvalue weighted by molar-refractivity contribution is 6.31. The first-order chi connectivity index (χ1) is 9.02. The van der Waals surface area contributed by atoms with Gasteiger partial charge in [-0.2, -0.15) is 4.98 Å². The summed E-state index contributed by atoms with van der Waals surface area (Å²) < 4.78 is 18.2. The summed E-state index contributed by atoms with van der Waals surface area (Å²) in [6.45, 7) is 4.06. The van der Waals surface area contributed by atoms with Gasteiger partial charge >= 0.3 is 0 Å². The third-order valence-electron chi connectivity index (χ3n) is 3.16. The molecule has 2 rings (SSSR count). The van der Waals surface area contributed by atoms with E-state index >= 15 is 0 Å². The molecule has 2 atom stereocenters. The van der Waals surface area contributed by atoms with Gasteiger partial charge in [0.1, 0.15) is 5.82 Å². The van der Waals surface area contributed by atoms with Gasteiger partial charge in [0.2, 0.25) is 11.7 Å². The van der Waals surface area contributed by atoms with Crippen molar-refractivity contribution < 1.29 is 8.91 Å². The average Bonchev–Trinajstić information content (AvgIpc) is 2.89. The average molecular weight is 284 g/mol. The molecule has 0 saturated heterocycles. The fourth-order valence-electron chi connectivity index (χ4n) is 1.62. The van der Waals surface area contributed by atoms with E-state index in [2.05, 4.69) is 10.1 Å². The molecule has 0 aliphatic rings. The van der Waals surface area contributed by atoms with Gasteiger partial charge in [-0.15, -0.1) is 0 Å². The molecule has 0 aliphatic heterocycles. The largest absolute Gasteiger partial charge is 0.337 e. The molecule has 2 N–H and O–H groups in total. The number of aromatic nitrogens is 2. The van der Waals surface area contributed by atoms with Crippen LogP contribution < -0.4 is 5.73 Å². The highest BCUT2D eigenvalue weighted by Crippen LogP contribution is 2.25. The first-order valence-electron chi connectivity index (χ1n) is 6.07. The highest BCUT2D eigenvalue weighted by Gasteiger charge is 2.20. The lowest BCUT2D eigenvalue weighted by Crippen LogP contribution is -2.18. The molecule has 0 radical (unpaired) electrons. The number of hydrogen-bond acceptors (Lipinski definition) is 4. The molecule has 1 aromatic carbocycles. The van der Waals surface area contributed by atoms with Crippen molar-refractivity contribution in [1.29, 1.82) is 0 Å². The fraction of sp³-hybridized carbons (Fsp3) is 0.385. The summed E-state index contributed by atoms with van der Waals surface area (Å²) in [6, 6.07) is 3.97. The van der Waals surface area contributed by atoms with Crippen LogP contribution in [-0.4, -0.2) is 10.1 Å². The summed E-state index contributed by atoms with van der Waals surface area (Å²) in [5, 5.41) is 3.87. The second-order valence-corrected chi connectivity index (χ2v) is 4.90. The van der Waals surface area contributed by atoms with E-state index in [-0.39, 0.29) is 17.0 Å². The van der Waals surface area contributed by atoms with E-state index in [9.17, 15) is 4.39 Å². The summed E-state index contributed by atoms with van der Waals surface area (Å²) in [5.74, 6) is 0.496. The predicted molar refractivity (Wildman–Crippen MR) is 71.1 cm³/mol. The van der Waals surface area contributed by atoms with Crippen LogP contribution in [0.4, 0.5) is 4.39 Å². The van der Waals surface area contributed by atoms with Gasteiger partial charge in [0.05, 0.1) is 11.1 Å². The summed E-state index contributed by atoms with van der Waals surface area (Å²) in [7, 11) is 0. The zero-order valence-electron chi connectivity index (χ0n) is 10.7. The van der Waals surface area contributed by atoms with Gasteiger partial charge in [-0.1, -0.05) is 37.0 Å². The lowest BCUT2D eigenvalue weighted by atomic mass is 10.0. The van der Waals surface area contributed by atoms with E-state index < -0.39 is 5.82 Å². The topological polar surface area (TPSA) is 64.9 Å². The maximum absolute atomic E-state index is 13.1. The zero-order chi connectivity index (χ0) is 14.0. The quantitative estimate of drug-likeness (QED) is 0.931. The first-order valence-corrected chi connectivity index (χ1v) is 6.45. The van der Waals surface area contributed by atoms with Crippen molar-refractivity contribution in [2.75, 3.05) is 0 Å². The van der Waals surface area contributed by atoms with Gasteiger partial charge in [0, 0.05) is 5.56 Å². The second kappa shape index (κ2) is 5.67. The molecule has 2 aromatic rings. The summed E-state index contributed by atoms with van der Waals surface area (Å²) in [4.78, 5) is 4.24. The fourth-order valence-corrected chi connectivity index (χ4v) is 1.80. The minimum absolute atomic E-state index is 0.0232. The van der Waals surface area contributed by atoms with E-state index in [1.807, 2.05) is 13.8 Å². The summed E-state index contributed by atoms with van der Waals surface area (Å²) in [5.41, 5.74) is 6.61. The van der Waals surface area contributed by atoms with Crippen molar-refractivity contribution in [2.45, 2.75) is 26.3 Å². The van der Waals surface area contributed by atoms with Crippen LogP contribution in [0.1, 0.15) is 32.2 Å². The molecule has 1 aromatic heterocycles. The van der Waals surface area contributed by atoms with Crippen LogP contribution in [0.25, 0.3) is 11.4 Å². The van der Waals surface area contributed by atoms with E-state index in [1.54, 1.807) is 6.07 Å². The molecule has 2 unspecified atom stereocenters. The standard InChI is InChI=1S/C13H15ClFN3O/c1-3-7(2)11(16)13-17-12(18-19-13)8-4-5-10(15)9(14)6-8/h4-7,11H,3,16H2,1-2H3. The second-order valence-electron chi connectivity index (χ2n) is 4.50. The molecular formula is C13H15ClFN3O. The molecule has 0 spiro atoms. The Bertz CT molecular complexity index is 573. The Kier molecular flexibility index (Phi) is 4.17. The monoisotopic (exact) mass is 283 g/mol. The Morgan fingerprint density at radius 2 is 2.21 bits per heavy atom. The van der Waals surface area contributed by atoms with Crippen LogP contribution >= 0.6 is 11.6 Å². The third kappa shape index (κ3) is 2.93. The van der Waals surface area contributed by atoms with Gasteiger partial charge in [0.25, 0.3) is 0 Å². The predicted octanol–water partition coefficient (Wildman–Crippen LogP) is 3.58. The number of benzene rings is 1. The van der Waals surface area contributed by atoms with E-state index in [0.29, 0.717) is 17.3 Å². The molecule has 0 saturated carbocycles. The maximum atomic E-state index is 13.1. The van der Waals surface area contributed by atoms with Crippen molar-refractivity contribution in [3.8, 4) is 11.4 Å². The smallest absolute Gasteiger partial charge is 0.244 e. The number of nitrogens with zero attached hydrogens (tertiary/aromatic N) is 2. The van der Waals surface area contributed by atoms with Gasteiger partial charge in [0.15, 0.2) is 0 Å². The van der Waals surface area contributed by atoms with Gasteiger partial charge in [-0.3, -0.25) is 0 Å². The van der Waals surface area contributed by atoms with Crippen LogP contribution in [0.3, 0.4) is 0 Å². The normalized spacial score (nSPS) is 14.4. The van der Waals surface area contributed by atoms with Crippen molar-refractivity contribution in [2.24, 2.45) is 11.7 Å². The van der Waals surface area contributed by atoms with Crippen LogP contribution in [-0.2, 0) is 0 Å². The van der Waals surface area contributed by atoms with Crippen molar-refractivity contribution in [3.05, 3.63) is 34.9 Å². The Morgan fingerprint density at radius 1 is 1.47 bits per heavy atom. The van der Waals surface area contributed by atoms with Crippen LogP contribution in [0.5, 0.6) is 0 Å². The summed E-state index contributed by atoms with van der Waals surface area (Å²) >= 11 is 5.72. The Balaban J connectivity index is 2.27. The van der Waals surface area contributed by atoms with Gasteiger partial charge < -0.3 is 10.3 Å². The van der Waals surface area contributed by atoms with Crippen LogP contribution in [0.2, 0.25) is 5.02 Å². The maximum Gasteiger partial charge on any atom is 0.244 e. The molecule has 4 nitrogen and oxygen atoms in total. The minimum Gasteiger partial charge on any atom is -0.337 e. The molecule has 0 aliphatic carbocycles. The van der Waals surface area contributed by atoms with Crippen molar-refractivity contribution in [1.82, 2.24) is 10.1 Å². The first kappa shape index (κ1) is 14.0. The van der Waals surface area contributed by atoms with E-state index in [1.165, 1.54) is 12.1 Å². The Hall–Kier alpha value is -1.46. The van der Waals surface area contributed by atoms with Crippen LogP contribution in [0.15, 0.2) is 22.7 Å². The molecule has 0 amide bonds. The van der Waals surface area contributed by atoms with E-state index in [0.717, 1.165) is 6.42 Å². The van der Waals surface area contributed by atoms with Gasteiger partial charge in [-0.25, -0.2) is 4.39 Å². The number of rotatable bonds is 4. The molecule has 0 bridgehead atoms. The summed E-state index contributed by atoms with van der Waals surface area (Å²) in [6.07, 6.45) is 0.918. The van der Waals surface area contributed by atoms with Crippen molar-refractivity contribution in [3.63, 3.8) is 0 Å². The molecule has 6 heteroatoms. The Labute approximate surface area is 115 Å². The molecular weight excluding hydrogens is 269 g/mol. The lowest BCUT2D eigenvalue weighted by molar-refractivity contribution is 0.312. The highest BCUT2D eigenvalue weighted by atomic mass is 35.5.